The zero-order valence-electron chi connectivity index (χ0n) is 12.5. The smallest absolute Gasteiger partial charge is 0.142 e. The zero-order valence-corrected chi connectivity index (χ0v) is 14.1. The topological polar surface area (TPSA) is 60.2 Å². The molecule has 1 atom stereocenters. The molecule has 2 rings (SSSR count). The first-order valence-electron chi connectivity index (χ1n) is 7.02. The lowest BCUT2D eigenvalue weighted by molar-refractivity contribution is 0.170. The van der Waals surface area contributed by atoms with Gasteiger partial charge in [0.15, 0.2) is 0 Å². The molecule has 0 spiro atoms. The number of methoxy groups -OCH3 is 1. The van der Waals surface area contributed by atoms with E-state index in [9.17, 15) is 5.11 Å². The third-order valence-electron chi connectivity index (χ3n) is 3.48. The van der Waals surface area contributed by atoms with Crippen LogP contribution in [0.1, 0.15) is 36.9 Å². The molecule has 0 aliphatic rings. The number of aryl methyl sites for hydroxylation is 2. The molecular formula is C15H20BrN3O2. The van der Waals surface area contributed by atoms with Crippen LogP contribution in [0.3, 0.4) is 0 Å². The number of hydrogen-bond acceptors (Lipinski definition) is 4. The van der Waals surface area contributed by atoms with Crippen molar-refractivity contribution in [2.24, 2.45) is 0 Å². The van der Waals surface area contributed by atoms with Crippen LogP contribution in [0.25, 0.3) is 0 Å². The first kappa shape index (κ1) is 16.0. The van der Waals surface area contributed by atoms with E-state index in [1.165, 1.54) is 0 Å². The Morgan fingerprint density at radius 1 is 1.43 bits per heavy atom. The molecule has 5 nitrogen and oxygen atoms in total. The van der Waals surface area contributed by atoms with E-state index >= 15 is 0 Å². The van der Waals surface area contributed by atoms with Crippen molar-refractivity contribution in [1.29, 1.82) is 0 Å². The summed E-state index contributed by atoms with van der Waals surface area (Å²) in [5, 5.41) is 15.1. The second kappa shape index (κ2) is 7.04. The molecule has 0 saturated heterocycles. The molecule has 1 N–H and O–H groups in total. The van der Waals surface area contributed by atoms with E-state index in [2.05, 4.69) is 32.9 Å². The molecule has 21 heavy (non-hydrogen) atoms. The van der Waals surface area contributed by atoms with E-state index in [1.54, 1.807) is 25.6 Å². The second-order valence-electron chi connectivity index (χ2n) is 4.71. The van der Waals surface area contributed by atoms with Crippen LogP contribution < -0.4 is 4.74 Å². The molecule has 0 amide bonds. The van der Waals surface area contributed by atoms with Gasteiger partial charge in [0.25, 0.3) is 0 Å². The fraction of sp³-hybridized carbons (Fsp3) is 0.467. The quantitative estimate of drug-likeness (QED) is 0.867. The largest absolute Gasteiger partial charge is 0.495 e. The molecule has 0 aliphatic heterocycles. The minimum atomic E-state index is -0.661. The van der Waals surface area contributed by atoms with Crippen molar-refractivity contribution in [2.75, 3.05) is 7.11 Å². The molecule has 114 valence electrons. The Morgan fingerprint density at radius 2 is 2.19 bits per heavy atom. The molecule has 0 aromatic carbocycles. The van der Waals surface area contributed by atoms with Gasteiger partial charge in [-0.1, -0.05) is 6.92 Å². The fourth-order valence-corrected chi connectivity index (χ4v) is 3.07. The standard InChI is InChI=1S/C15H20BrN3O2/c1-4-11-15(16)12(19(5-2)18-11)8-13(20)10-6-7-17-9-14(10)21-3/h6-7,9,13,20H,4-5,8H2,1-3H3. The van der Waals surface area contributed by atoms with Crippen molar-refractivity contribution in [3.05, 3.63) is 39.9 Å². The number of nitrogens with zero attached hydrogens (tertiary/aromatic N) is 3. The molecule has 0 bridgehead atoms. The Bertz CT molecular complexity index is 613. The average molecular weight is 354 g/mol. The van der Waals surface area contributed by atoms with Gasteiger partial charge in [0.2, 0.25) is 0 Å². The minimum Gasteiger partial charge on any atom is -0.495 e. The van der Waals surface area contributed by atoms with Gasteiger partial charge in [0.05, 0.1) is 35.3 Å². The summed E-state index contributed by atoms with van der Waals surface area (Å²) in [5.74, 6) is 0.597. The van der Waals surface area contributed by atoms with Crippen LogP contribution in [0.4, 0.5) is 0 Å². The van der Waals surface area contributed by atoms with Gasteiger partial charge in [-0.15, -0.1) is 0 Å². The number of pyridine rings is 1. The maximum atomic E-state index is 10.5. The van der Waals surface area contributed by atoms with Crippen LogP contribution in [0, 0.1) is 0 Å². The number of rotatable bonds is 6. The highest BCUT2D eigenvalue weighted by Gasteiger charge is 2.20. The van der Waals surface area contributed by atoms with Crippen LogP contribution in [-0.4, -0.2) is 27.0 Å². The molecule has 0 radical (unpaired) electrons. The van der Waals surface area contributed by atoms with E-state index in [1.807, 2.05) is 11.6 Å². The summed E-state index contributed by atoms with van der Waals surface area (Å²) < 4.78 is 8.18. The van der Waals surface area contributed by atoms with E-state index in [4.69, 9.17) is 4.74 Å². The highest BCUT2D eigenvalue weighted by molar-refractivity contribution is 9.10. The van der Waals surface area contributed by atoms with E-state index in [-0.39, 0.29) is 0 Å². The number of aromatic nitrogens is 3. The number of aliphatic hydroxyl groups is 1. The van der Waals surface area contributed by atoms with Crippen molar-refractivity contribution in [2.45, 2.75) is 39.3 Å². The molecule has 2 heterocycles. The first-order chi connectivity index (χ1) is 10.1. The highest BCUT2D eigenvalue weighted by atomic mass is 79.9. The SMILES string of the molecule is CCc1nn(CC)c(CC(O)c2ccncc2OC)c1Br. The Hall–Kier alpha value is -1.40. The lowest BCUT2D eigenvalue weighted by Crippen LogP contribution is -2.10. The Labute approximate surface area is 133 Å². The Balaban J connectivity index is 2.31. The average Bonchev–Trinajstić information content (AvgIpc) is 2.83. The summed E-state index contributed by atoms with van der Waals surface area (Å²) in [6.07, 6.45) is 3.94. The van der Waals surface area contributed by atoms with E-state index in [0.29, 0.717) is 12.2 Å². The van der Waals surface area contributed by atoms with Crippen molar-refractivity contribution in [3.63, 3.8) is 0 Å². The molecule has 6 heteroatoms. The molecule has 2 aromatic rings. The maximum Gasteiger partial charge on any atom is 0.142 e. The van der Waals surface area contributed by atoms with Gasteiger partial charge in [0.1, 0.15) is 5.75 Å². The second-order valence-corrected chi connectivity index (χ2v) is 5.51. The predicted octanol–water partition coefficient (Wildman–Crippen LogP) is 2.91. The first-order valence-corrected chi connectivity index (χ1v) is 7.81. The number of hydrogen-bond donors (Lipinski definition) is 1. The van der Waals surface area contributed by atoms with Gasteiger partial charge < -0.3 is 9.84 Å². The van der Waals surface area contributed by atoms with Crippen LogP contribution in [-0.2, 0) is 19.4 Å². The third kappa shape index (κ3) is 3.27. The summed E-state index contributed by atoms with van der Waals surface area (Å²) in [6, 6.07) is 1.78. The van der Waals surface area contributed by atoms with Gasteiger partial charge in [-0.2, -0.15) is 5.10 Å². The molecule has 1 unspecified atom stereocenters. The van der Waals surface area contributed by atoms with Gasteiger partial charge in [0, 0.05) is 24.7 Å². The summed E-state index contributed by atoms with van der Waals surface area (Å²) in [5.41, 5.74) is 2.75. The number of ether oxygens (including phenoxy) is 1. The van der Waals surface area contributed by atoms with Crippen molar-refractivity contribution in [3.8, 4) is 5.75 Å². The normalized spacial score (nSPS) is 12.4. The van der Waals surface area contributed by atoms with Crippen LogP contribution >= 0.6 is 15.9 Å². The third-order valence-corrected chi connectivity index (χ3v) is 4.39. The highest BCUT2D eigenvalue weighted by Crippen LogP contribution is 2.30. The molecule has 2 aromatic heterocycles. The number of aliphatic hydroxyl groups excluding tert-OH is 1. The fourth-order valence-electron chi connectivity index (χ4n) is 2.34. The molecule has 0 saturated carbocycles. The Kier molecular flexibility index (Phi) is 5.36. The lowest BCUT2D eigenvalue weighted by Gasteiger charge is -2.15. The van der Waals surface area contributed by atoms with Crippen molar-refractivity contribution in [1.82, 2.24) is 14.8 Å². The van der Waals surface area contributed by atoms with Gasteiger partial charge in [-0.3, -0.25) is 9.67 Å². The van der Waals surface area contributed by atoms with Crippen LogP contribution in [0.5, 0.6) is 5.75 Å². The minimum absolute atomic E-state index is 0.474. The maximum absolute atomic E-state index is 10.5. The summed E-state index contributed by atoms with van der Waals surface area (Å²) in [7, 11) is 1.58. The summed E-state index contributed by atoms with van der Waals surface area (Å²) in [6.45, 7) is 4.88. The molecule has 0 fully saturated rings. The van der Waals surface area contributed by atoms with Gasteiger partial charge >= 0.3 is 0 Å². The van der Waals surface area contributed by atoms with Crippen molar-refractivity contribution < 1.29 is 9.84 Å². The zero-order chi connectivity index (χ0) is 15.4. The monoisotopic (exact) mass is 353 g/mol. The van der Waals surface area contributed by atoms with E-state index in [0.717, 1.165) is 34.4 Å². The van der Waals surface area contributed by atoms with Crippen LogP contribution in [0.15, 0.2) is 22.9 Å². The Morgan fingerprint density at radius 3 is 2.81 bits per heavy atom. The summed E-state index contributed by atoms with van der Waals surface area (Å²) >= 11 is 3.60. The van der Waals surface area contributed by atoms with Crippen molar-refractivity contribution >= 4 is 15.9 Å². The predicted molar refractivity (Wildman–Crippen MR) is 84.4 cm³/mol. The van der Waals surface area contributed by atoms with Gasteiger partial charge in [-0.05, 0) is 35.3 Å². The molecule has 0 aliphatic carbocycles. The summed E-state index contributed by atoms with van der Waals surface area (Å²) in [4.78, 5) is 4.01. The number of halogens is 1. The van der Waals surface area contributed by atoms with Crippen LogP contribution in [0.2, 0.25) is 0 Å². The molecular weight excluding hydrogens is 334 g/mol. The van der Waals surface area contributed by atoms with Gasteiger partial charge in [-0.25, -0.2) is 0 Å². The van der Waals surface area contributed by atoms with E-state index < -0.39 is 6.10 Å². The lowest BCUT2D eigenvalue weighted by atomic mass is 10.0.